The van der Waals surface area contributed by atoms with E-state index in [1.54, 1.807) is 0 Å². The van der Waals surface area contributed by atoms with Crippen molar-refractivity contribution in [2.24, 2.45) is 0 Å². The summed E-state index contributed by atoms with van der Waals surface area (Å²) in [7, 11) is 0. The van der Waals surface area contributed by atoms with Crippen LogP contribution in [0.4, 0.5) is 0 Å². The zero-order valence-corrected chi connectivity index (χ0v) is 47.5. The average molecular weight is 1050 g/mol. The van der Waals surface area contributed by atoms with Crippen LogP contribution in [0.25, 0.3) is 76.8 Å². The van der Waals surface area contributed by atoms with Crippen LogP contribution in [0.3, 0.4) is 0 Å². The highest BCUT2D eigenvalue weighted by atomic mass is 15.3. The highest BCUT2D eigenvalue weighted by Crippen LogP contribution is 2.22. The van der Waals surface area contributed by atoms with Crippen LogP contribution in [0, 0.1) is 96.9 Å². The number of hydrogen-bond donors (Lipinski definition) is 5. The molecular formula is C63H68N16. The number of benzene rings is 5. The third kappa shape index (κ3) is 14.1. The Kier molecular flexibility index (Phi) is 17.7. The van der Waals surface area contributed by atoms with Gasteiger partial charge in [-0.25, -0.2) is 34.9 Å². The lowest BCUT2D eigenvalue weighted by atomic mass is 10.0. The Morgan fingerprint density at radius 3 is 1.62 bits per heavy atom. The summed E-state index contributed by atoms with van der Waals surface area (Å²) in [6.07, 6.45) is 5.78. The molecule has 14 aromatic rings. The summed E-state index contributed by atoms with van der Waals surface area (Å²) >= 11 is 0. The number of aryl methyl sites for hydroxylation is 14. The fourth-order valence-corrected chi connectivity index (χ4v) is 9.52. The molecule has 5 aromatic carbocycles. The van der Waals surface area contributed by atoms with Gasteiger partial charge in [0.25, 0.3) is 0 Å². The lowest BCUT2D eigenvalue weighted by Crippen LogP contribution is -1.92. The molecule has 400 valence electrons. The summed E-state index contributed by atoms with van der Waals surface area (Å²) < 4.78 is 0. The number of nitrogens with one attached hydrogen (secondary N) is 5. The minimum atomic E-state index is 0.634. The molecule has 0 aliphatic carbocycles. The molecule has 9 aromatic heterocycles. The van der Waals surface area contributed by atoms with Crippen molar-refractivity contribution in [3.05, 3.63) is 207 Å². The van der Waals surface area contributed by atoms with Crippen LogP contribution < -0.4 is 0 Å². The lowest BCUT2D eigenvalue weighted by molar-refractivity contribution is 0.953. The molecule has 0 spiro atoms. The maximum Gasteiger partial charge on any atom is 0.205 e. The van der Waals surface area contributed by atoms with Gasteiger partial charge in [-0.3, -0.25) is 0 Å². The van der Waals surface area contributed by atoms with E-state index in [0.717, 1.165) is 84.4 Å². The molecule has 79 heavy (non-hydrogen) atoms. The molecule has 0 saturated carbocycles. The standard InChI is InChI=1S/C12H12.C10H10N2.C10H11N.C9H10N2.2C8H9N3.C6H7N5/c1-9-7-10(2)12-6-4-3-5-11(12)8-9;1-7-9-5-3-4-6-10(9)12-8(2)11-7;1-7-5-8(2)9-3-4-11-10(9)6-7;1-6-5-7(2)11-9-8(6)3-4-10-9;1-5-3-6(2)8-7(4-5)9-11-10-8;1-5-7-3-4-9-8(7)11-6(2)10-5;1-3-5-6(10-11-9-5)8-4(2)7-3/h3-8H,1-2H3;3-6H,1-2H3;3-6,11H,1-2H3;3-5H,1-2H3,(H,10,11);2*3-4H,1-2H3,(H,9,10,11);1-2H3,(H,7,8,9,10,11). The predicted molar refractivity (Wildman–Crippen MR) is 321 cm³/mol. The topological polar surface area (TPSA) is 221 Å². The zero-order chi connectivity index (χ0) is 56.3. The number of rotatable bonds is 0. The van der Waals surface area contributed by atoms with Crippen molar-refractivity contribution in [3.63, 3.8) is 0 Å². The Morgan fingerprint density at radius 2 is 0.861 bits per heavy atom. The molecule has 16 heteroatoms. The Hall–Kier alpha value is -9.57. The van der Waals surface area contributed by atoms with Gasteiger partial charge in [0.15, 0.2) is 5.52 Å². The van der Waals surface area contributed by atoms with E-state index < -0.39 is 0 Å². The monoisotopic (exact) mass is 1050 g/mol. The molecule has 5 N–H and O–H groups in total. The molecular weight excluding hydrogens is 981 g/mol. The van der Waals surface area contributed by atoms with Crippen LogP contribution >= 0.6 is 0 Å². The molecule has 0 aliphatic heterocycles. The molecule has 0 saturated heterocycles. The van der Waals surface area contributed by atoms with Gasteiger partial charge in [-0.05, 0) is 184 Å². The van der Waals surface area contributed by atoms with Gasteiger partial charge in [-0.2, -0.15) is 25.7 Å². The van der Waals surface area contributed by atoms with Gasteiger partial charge in [0, 0.05) is 57.0 Å². The maximum absolute atomic E-state index is 4.34. The van der Waals surface area contributed by atoms with Gasteiger partial charge in [0.2, 0.25) is 5.65 Å². The summed E-state index contributed by atoms with van der Waals surface area (Å²) in [6.45, 7) is 28.3. The van der Waals surface area contributed by atoms with Crippen molar-refractivity contribution in [2.75, 3.05) is 0 Å². The van der Waals surface area contributed by atoms with E-state index in [2.05, 4.69) is 195 Å². The predicted octanol–water partition coefficient (Wildman–Crippen LogP) is 14.2. The molecule has 0 unspecified atom stereocenters. The number of H-pyrrole nitrogens is 5. The fourth-order valence-electron chi connectivity index (χ4n) is 9.52. The molecule has 0 radical (unpaired) electrons. The second kappa shape index (κ2) is 25.1. The smallest absolute Gasteiger partial charge is 0.205 e. The number of aromatic amines is 5. The van der Waals surface area contributed by atoms with E-state index >= 15 is 0 Å². The first-order chi connectivity index (χ1) is 37.9. The van der Waals surface area contributed by atoms with Crippen LogP contribution in [-0.4, -0.2) is 80.7 Å². The van der Waals surface area contributed by atoms with Crippen molar-refractivity contribution in [1.82, 2.24) is 80.7 Å². The van der Waals surface area contributed by atoms with E-state index in [0.29, 0.717) is 5.65 Å². The second-order valence-electron chi connectivity index (χ2n) is 19.7. The first-order valence-corrected chi connectivity index (χ1v) is 26.1. The number of hydrogen-bond acceptors (Lipinski definition) is 11. The Balaban J connectivity index is 0.000000121. The van der Waals surface area contributed by atoms with Crippen molar-refractivity contribution < 1.29 is 0 Å². The number of para-hydroxylation sites is 1. The van der Waals surface area contributed by atoms with Crippen molar-refractivity contribution >= 4 is 76.8 Å². The fraction of sp³-hybridized carbons (Fsp3) is 0.222. The van der Waals surface area contributed by atoms with Crippen molar-refractivity contribution in [1.29, 1.82) is 0 Å². The minimum absolute atomic E-state index is 0.634. The van der Waals surface area contributed by atoms with Gasteiger partial charge in [0.05, 0.1) is 16.9 Å². The summed E-state index contributed by atoms with van der Waals surface area (Å²) in [5.74, 6) is 2.38. The van der Waals surface area contributed by atoms with E-state index in [4.69, 9.17) is 0 Å². The highest BCUT2D eigenvalue weighted by Gasteiger charge is 2.06. The number of pyridine rings is 1. The molecule has 0 atom stereocenters. The van der Waals surface area contributed by atoms with E-state index in [1.165, 1.54) is 66.0 Å². The van der Waals surface area contributed by atoms with Crippen LogP contribution in [0.1, 0.15) is 79.2 Å². The quantitative estimate of drug-likeness (QED) is 0.0961. The van der Waals surface area contributed by atoms with Gasteiger partial charge < -0.3 is 15.0 Å². The number of nitrogens with zero attached hydrogens (tertiary/aromatic N) is 11. The summed E-state index contributed by atoms with van der Waals surface area (Å²) in [6, 6.07) is 37.8. The summed E-state index contributed by atoms with van der Waals surface area (Å²) in [5.41, 5.74) is 20.6. The molecule has 0 amide bonds. The third-order valence-electron chi connectivity index (χ3n) is 12.9. The minimum Gasteiger partial charge on any atom is -0.361 e. The van der Waals surface area contributed by atoms with Crippen molar-refractivity contribution in [3.8, 4) is 0 Å². The summed E-state index contributed by atoms with van der Waals surface area (Å²) in [4.78, 5) is 39.0. The SMILES string of the molecule is Cc1cc(C)c2cc[nH]c2c1.Cc1cc(C)c2cc[nH]c2n1.Cc1cc(C)c2ccccc2c1.Cc1cc(C)c2n[nH]nc2c1.Cc1nc(C)c2cc[nH]c2n1.Cc1nc(C)c2ccccc2n1.Cc1nc(C)c2n[nH]nc2n1. The Bertz CT molecular complexity index is 3810. The molecule has 0 bridgehead atoms. The van der Waals surface area contributed by atoms with Gasteiger partial charge in [0.1, 0.15) is 39.8 Å². The largest absolute Gasteiger partial charge is 0.361 e. The molecule has 0 fully saturated rings. The lowest BCUT2D eigenvalue weighted by Gasteiger charge is -2.02. The number of aromatic nitrogens is 16. The van der Waals surface area contributed by atoms with Crippen LogP contribution in [-0.2, 0) is 0 Å². The Morgan fingerprint density at radius 1 is 0.329 bits per heavy atom. The molecule has 16 nitrogen and oxygen atoms in total. The molecule has 9 heterocycles. The van der Waals surface area contributed by atoms with E-state index in [9.17, 15) is 0 Å². The zero-order valence-electron chi connectivity index (χ0n) is 47.5. The Labute approximate surface area is 459 Å². The first-order valence-electron chi connectivity index (χ1n) is 26.1. The van der Waals surface area contributed by atoms with Crippen LogP contribution in [0.5, 0.6) is 0 Å². The van der Waals surface area contributed by atoms with E-state index in [-0.39, 0.29) is 0 Å². The average Bonchev–Trinajstić information content (AvgIpc) is 4.28. The summed E-state index contributed by atoms with van der Waals surface area (Å²) in [5, 5.41) is 28.4. The highest BCUT2D eigenvalue weighted by molar-refractivity contribution is 5.87. The third-order valence-corrected chi connectivity index (χ3v) is 12.9. The number of fused-ring (bicyclic) bond motifs is 7. The molecule has 0 aliphatic rings. The first kappa shape index (κ1) is 55.7. The second-order valence-corrected chi connectivity index (χ2v) is 19.7. The van der Waals surface area contributed by atoms with Gasteiger partial charge in [-0.1, -0.05) is 72.3 Å². The van der Waals surface area contributed by atoms with E-state index in [1.807, 2.05) is 110 Å². The normalized spacial score (nSPS) is 10.7. The van der Waals surface area contributed by atoms with Gasteiger partial charge in [-0.15, -0.1) is 5.10 Å². The molecule has 14 rings (SSSR count). The van der Waals surface area contributed by atoms with Crippen LogP contribution in [0.2, 0.25) is 0 Å². The maximum atomic E-state index is 4.34. The van der Waals surface area contributed by atoms with Gasteiger partial charge >= 0.3 is 0 Å². The van der Waals surface area contributed by atoms with Crippen LogP contribution in [0.15, 0.2) is 128 Å². The van der Waals surface area contributed by atoms with Crippen molar-refractivity contribution in [2.45, 2.75) is 96.9 Å².